The number of carbonyl (C=O) groups is 1. The molecule has 27 heavy (non-hydrogen) atoms. The number of amides is 1. The second-order valence-corrected chi connectivity index (χ2v) is 7.24. The van der Waals surface area contributed by atoms with Crippen LogP contribution in [0.2, 0.25) is 10.0 Å². The van der Waals surface area contributed by atoms with Gasteiger partial charge in [-0.25, -0.2) is 0 Å². The predicted octanol–water partition coefficient (Wildman–Crippen LogP) is 4.74. The number of nitrogens with two attached hydrogens (primary N) is 1. The summed E-state index contributed by atoms with van der Waals surface area (Å²) in [6.07, 6.45) is 0. The van der Waals surface area contributed by atoms with E-state index in [2.05, 4.69) is 4.57 Å². The highest BCUT2D eigenvalue weighted by molar-refractivity contribution is 6.35. The van der Waals surface area contributed by atoms with Gasteiger partial charge in [-0.1, -0.05) is 47.5 Å². The summed E-state index contributed by atoms with van der Waals surface area (Å²) in [5.41, 5.74) is 9.54. The lowest BCUT2D eigenvalue weighted by atomic mass is 10.0. The molecule has 0 spiro atoms. The second kappa shape index (κ2) is 6.89. The molecular formula is C21H16Cl2N2O2. The fourth-order valence-electron chi connectivity index (χ4n) is 3.48. The Morgan fingerprint density at radius 2 is 1.85 bits per heavy atom. The Kier molecular flexibility index (Phi) is 4.56. The largest absolute Gasteiger partial charge is 0.392 e. The minimum Gasteiger partial charge on any atom is -0.392 e. The van der Waals surface area contributed by atoms with E-state index in [1.807, 2.05) is 36.4 Å². The highest BCUT2D eigenvalue weighted by atomic mass is 35.5. The molecule has 0 radical (unpaired) electrons. The average molecular weight is 399 g/mol. The van der Waals surface area contributed by atoms with Crippen LogP contribution in [0.15, 0.2) is 54.6 Å². The van der Waals surface area contributed by atoms with Crippen LogP contribution in [-0.2, 0) is 13.2 Å². The van der Waals surface area contributed by atoms with Crippen molar-refractivity contribution in [1.29, 1.82) is 0 Å². The lowest BCUT2D eigenvalue weighted by molar-refractivity contribution is 0.100. The van der Waals surface area contributed by atoms with Crippen LogP contribution in [0.3, 0.4) is 0 Å². The Balaban J connectivity index is 2.04. The van der Waals surface area contributed by atoms with E-state index in [-0.39, 0.29) is 6.61 Å². The molecule has 136 valence electrons. The quantitative estimate of drug-likeness (QED) is 0.521. The Labute approximate surface area is 165 Å². The first-order valence-corrected chi connectivity index (χ1v) is 9.13. The van der Waals surface area contributed by atoms with E-state index in [9.17, 15) is 9.90 Å². The molecule has 1 amide bonds. The van der Waals surface area contributed by atoms with Crippen molar-refractivity contribution in [2.24, 2.45) is 5.73 Å². The maximum atomic E-state index is 12.0. The summed E-state index contributed by atoms with van der Waals surface area (Å²) >= 11 is 12.4. The zero-order valence-electron chi connectivity index (χ0n) is 14.2. The van der Waals surface area contributed by atoms with E-state index < -0.39 is 5.91 Å². The van der Waals surface area contributed by atoms with Crippen molar-refractivity contribution < 1.29 is 9.90 Å². The summed E-state index contributed by atoms with van der Waals surface area (Å²) in [5, 5.41) is 12.4. The second-order valence-electron chi connectivity index (χ2n) is 6.40. The standard InChI is InChI=1S/C21H16Cl2N2O2/c22-14-6-5-13(17(23)9-14)10-25-18-3-1-2-16(21(24)27)20(18)15-7-4-12(11-26)8-19(15)25/h1-9,26H,10-11H2,(H2,24,27). The average Bonchev–Trinajstić information content (AvgIpc) is 2.97. The number of hydrogen-bond acceptors (Lipinski definition) is 2. The smallest absolute Gasteiger partial charge is 0.249 e. The number of fused-ring (bicyclic) bond motifs is 3. The molecule has 0 saturated heterocycles. The third kappa shape index (κ3) is 3.06. The van der Waals surface area contributed by atoms with Gasteiger partial charge in [0.25, 0.3) is 0 Å². The molecule has 0 saturated carbocycles. The number of aromatic nitrogens is 1. The number of hydrogen-bond donors (Lipinski definition) is 2. The van der Waals surface area contributed by atoms with Crippen LogP contribution in [0.1, 0.15) is 21.5 Å². The molecule has 4 rings (SSSR count). The molecule has 0 atom stereocenters. The van der Waals surface area contributed by atoms with Gasteiger partial charge in [-0.05, 0) is 41.5 Å². The predicted molar refractivity (Wildman–Crippen MR) is 109 cm³/mol. The molecule has 0 aliphatic rings. The molecule has 4 aromatic rings. The summed E-state index contributed by atoms with van der Waals surface area (Å²) in [7, 11) is 0. The van der Waals surface area contributed by atoms with Crippen molar-refractivity contribution in [2.75, 3.05) is 0 Å². The van der Waals surface area contributed by atoms with Crippen LogP contribution in [-0.4, -0.2) is 15.6 Å². The van der Waals surface area contributed by atoms with Crippen molar-refractivity contribution in [3.8, 4) is 0 Å². The first kappa shape index (κ1) is 17.9. The Morgan fingerprint density at radius 1 is 1.04 bits per heavy atom. The van der Waals surface area contributed by atoms with Crippen LogP contribution in [0, 0.1) is 0 Å². The van der Waals surface area contributed by atoms with Gasteiger partial charge in [-0.15, -0.1) is 0 Å². The first-order chi connectivity index (χ1) is 13.0. The zero-order valence-corrected chi connectivity index (χ0v) is 15.8. The van der Waals surface area contributed by atoms with Gasteiger partial charge in [0.05, 0.1) is 12.1 Å². The first-order valence-electron chi connectivity index (χ1n) is 8.38. The molecule has 6 heteroatoms. The molecule has 0 unspecified atom stereocenters. The van der Waals surface area contributed by atoms with E-state index in [0.29, 0.717) is 22.2 Å². The number of nitrogens with zero attached hydrogens (tertiary/aromatic N) is 1. The Hall–Kier alpha value is -2.53. The van der Waals surface area contributed by atoms with Crippen molar-refractivity contribution >= 4 is 50.9 Å². The van der Waals surface area contributed by atoms with Crippen LogP contribution < -0.4 is 5.73 Å². The summed E-state index contributed by atoms with van der Waals surface area (Å²) in [6.45, 7) is 0.426. The topological polar surface area (TPSA) is 68.2 Å². The van der Waals surface area contributed by atoms with E-state index in [1.165, 1.54) is 0 Å². The van der Waals surface area contributed by atoms with Gasteiger partial charge in [0.1, 0.15) is 0 Å². The van der Waals surface area contributed by atoms with Gasteiger partial charge in [0.15, 0.2) is 0 Å². The number of benzene rings is 3. The zero-order chi connectivity index (χ0) is 19.1. The Morgan fingerprint density at radius 3 is 2.56 bits per heavy atom. The summed E-state index contributed by atoms with van der Waals surface area (Å²) < 4.78 is 2.07. The van der Waals surface area contributed by atoms with Crippen LogP contribution in [0.5, 0.6) is 0 Å². The number of halogens is 2. The molecule has 0 aliphatic carbocycles. The fourth-order valence-corrected chi connectivity index (χ4v) is 3.95. The van der Waals surface area contributed by atoms with Crippen molar-refractivity contribution in [2.45, 2.75) is 13.2 Å². The number of primary amides is 1. The van der Waals surface area contributed by atoms with Crippen LogP contribution >= 0.6 is 23.2 Å². The summed E-state index contributed by atoms with van der Waals surface area (Å²) in [4.78, 5) is 12.0. The van der Waals surface area contributed by atoms with E-state index in [1.54, 1.807) is 18.2 Å². The minimum absolute atomic E-state index is 0.0676. The minimum atomic E-state index is -0.476. The molecule has 0 aliphatic heterocycles. The van der Waals surface area contributed by atoms with Gasteiger partial charge in [-0.3, -0.25) is 4.79 Å². The maximum Gasteiger partial charge on any atom is 0.249 e. The normalized spacial score (nSPS) is 11.4. The van der Waals surface area contributed by atoms with Crippen molar-refractivity contribution in [3.05, 3.63) is 81.3 Å². The van der Waals surface area contributed by atoms with E-state index >= 15 is 0 Å². The van der Waals surface area contributed by atoms with Gasteiger partial charge >= 0.3 is 0 Å². The highest BCUT2D eigenvalue weighted by Gasteiger charge is 2.17. The fraction of sp³-hybridized carbons (Fsp3) is 0.0952. The molecule has 3 aromatic carbocycles. The summed E-state index contributed by atoms with van der Waals surface area (Å²) in [6, 6.07) is 16.6. The number of aliphatic hydroxyl groups is 1. The van der Waals surface area contributed by atoms with Gasteiger partial charge in [0.2, 0.25) is 5.91 Å². The number of aliphatic hydroxyl groups excluding tert-OH is 1. The van der Waals surface area contributed by atoms with Crippen molar-refractivity contribution in [1.82, 2.24) is 4.57 Å². The molecule has 3 N–H and O–H groups in total. The third-order valence-electron chi connectivity index (χ3n) is 4.75. The molecule has 1 aromatic heterocycles. The van der Waals surface area contributed by atoms with Gasteiger partial charge in [0, 0.05) is 38.4 Å². The van der Waals surface area contributed by atoms with Crippen LogP contribution in [0.25, 0.3) is 21.8 Å². The number of rotatable bonds is 4. The number of carbonyl (C=O) groups excluding carboxylic acids is 1. The van der Waals surface area contributed by atoms with Gasteiger partial charge in [-0.2, -0.15) is 0 Å². The third-order valence-corrected chi connectivity index (χ3v) is 5.33. The lowest BCUT2D eigenvalue weighted by Crippen LogP contribution is -2.11. The Bertz CT molecular complexity index is 1200. The van der Waals surface area contributed by atoms with Crippen LogP contribution in [0.4, 0.5) is 0 Å². The summed E-state index contributed by atoms with van der Waals surface area (Å²) in [5.74, 6) is -0.476. The van der Waals surface area contributed by atoms with E-state index in [4.69, 9.17) is 28.9 Å². The van der Waals surface area contributed by atoms with Crippen molar-refractivity contribution in [3.63, 3.8) is 0 Å². The SMILES string of the molecule is NC(=O)c1cccc2c1c1ccc(CO)cc1n2Cc1ccc(Cl)cc1Cl. The van der Waals surface area contributed by atoms with Gasteiger partial charge < -0.3 is 15.4 Å². The van der Waals surface area contributed by atoms with E-state index in [0.717, 1.165) is 32.9 Å². The molecular weight excluding hydrogens is 383 g/mol. The molecule has 0 bridgehead atoms. The molecule has 0 fully saturated rings. The lowest BCUT2D eigenvalue weighted by Gasteiger charge is -2.10. The monoisotopic (exact) mass is 398 g/mol. The molecule has 1 heterocycles. The maximum absolute atomic E-state index is 12.0. The highest BCUT2D eigenvalue weighted by Crippen LogP contribution is 2.34. The molecule has 4 nitrogen and oxygen atoms in total.